The second-order valence-corrected chi connectivity index (χ2v) is 8.12. The van der Waals surface area contributed by atoms with Crippen LogP contribution in [0.15, 0.2) is 50.4 Å². The van der Waals surface area contributed by atoms with Gasteiger partial charge in [0.25, 0.3) is 5.91 Å². The molecule has 3 heterocycles. The van der Waals surface area contributed by atoms with Gasteiger partial charge in [0.2, 0.25) is 5.17 Å². The molecule has 0 radical (unpaired) electrons. The fourth-order valence-electron chi connectivity index (χ4n) is 3.01. The first-order valence-corrected chi connectivity index (χ1v) is 10.6. The van der Waals surface area contributed by atoms with Crippen LogP contribution in [0.2, 0.25) is 5.02 Å². The first kappa shape index (κ1) is 20.4. The van der Waals surface area contributed by atoms with Gasteiger partial charge < -0.3 is 9.15 Å². The summed E-state index contributed by atoms with van der Waals surface area (Å²) >= 11 is 7.54. The fourth-order valence-corrected chi connectivity index (χ4v) is 4.19. The molecule has 4 rings (SSSR count). The standard InChI is InChI=1S/C21H19ClN4O3S/c1-3-4-5-18-25-26-19(23)14(20(27)24-21(26)30-18)11-13-7-9-16(29-13)12-6-8-17(28-2)15(22)10-12/h6-11,23H,3-5H2,1-2H3. The lowest BCUT2D eigenvalue weighted by Gasteiger charge is -2.19. The summed E-state index contributed by atoms with van der Waals surface area (Å²) in [7, 11) is 1.55. The third-order valence-electron chi connectivity index (χ3n) is 4.59. The molecule has 7 nitrogen and oxygen atoms in total. The second-order valence-electron chi connectivity index (χ2n) is 6.67. The van der Waals surface area contributed by atoms with Crippen molar-refractivity contribution >= 4 is 51.4 Å². The molecule has 0 saturated carbocycles. The second kappa shape index (κ2) is 8.49. The highest BCUT2D eigenvalue weighted by Gasteiger charge is 2.35. The lowest BCUT2D eigenvalue weighted by Crippen LogP contribution is -2.35. The van der Waals surface area contributed by atoms with Crippen LogP contribution in [0.25, 0.3) is 17.4 Å². The molecule has 1 aromatic carbocycles. The summed E-state index contributed by atoms with van der Waals surface area (Å²) in [6, 6.07) is 8.85. The highest BCUT2D eigenvalue weighted by molar-refractivity contribution is 8.26. The molecule has 0 fully saturated rings. The van der Waals surface area contributed by atoms with Crippen LogP contribution in [0.3, 0.4) is 0 Å². The number of nitrogens with one attached hydrogen (secondary N) is 1. The molecule has 9 heteroatoms. The van der Waals surface area contributed by atoms with Crippen molar-refractivity contribution < 1.29 is 13.9 Å². The van der Waals surface area contributed by atoms with Crippen LogP contribution in [-0.2, 0) is 4.79 Å². The van der Waals surface area contributed by atoms with Gasteiger partial charge in [-0.2, -0.15) is 15.1 Å². The zero-order chi connectivity index (χ0) is 21.3. The first-order chi connectivity index (χ1) is 14.5. The Kier molecular flexibility index (Phi) is 5.78. The number of fused-ring (bicyclic) bond motifs is 1. The van der Waals surface area contributed by atoms with Gasteiger partial charge in [-0.05, 0) is 61.0 Å². The smallest absolute Gasteiger partial charge is 0.283 e. The maximum atomic E-state index is 12.5. The van der Waals surface area contributed by atoms with Crippen LogP contribution in [0.4, 0.5) is 0 Å². The average Bonchev–Trinajstić information content (AvgIpc) is 3.36. The molecule has 1 N–H and O–H groups in total. The minimum atomic E-state index is -0.476. The van der Waals surface area contributed by atoms with Gasteiger partial charge in [-0.15, -0.1) is 0 Å². The molecule has 1 aromatic heterocycles. The number of hydrogen-bond donors (Lipinski definition) is 1. The van der Waals surface area contributed by atoms with E-state index in [1.165, 1.54) is 22.8 Å². The molecule has 0 unspecified atom stereocenters. The zero-order valence-electron chi connectivity index (χ0n) is 16.4. The van der Waals surface area contributed by atoms with E-state index in [1.54, 1.807) is 31.4 Å². The Hall–Kier alpha value is -2.84. The lowest BCUT2D eigenvalue weighted by molar-refractivity contribution is -0.114. The number of furan rings is 1. The molecular weight excluding hydrogens is 424 g/mol. The highest BCUT2D eigenvalue weighted by Crippen LogP contribution is 2.33. The van der Waals surface area contributed by atoms with E-state index in [9.17, 15) is 4.79 Å². The Morgan fingerprint density at radius 3 is 2.90 bits per heavy atom. The summed E-state index contributed by atoms with van der Waals surface area (Å²) < 4.78 is 11.0. The number of amidine groups is 2. The van der Waals surface area contributed by atoms with Gasteiger partial charge in [-0.3, -0.25) is 10.2 Å². The Bertz CT molecular complexity index is 1120. The molecule has 1 amide bonds. The summed E-state index contributed by atoms with van der Waals surface area (Å²) in [4.78, 5) is 16.6. The van der Waals surface area contributed by atoms with E-state index in [2.05, 4.69) is 17.0 Å². The first-order valence-electron chi connectivity index (χ1n) is 9.43. The molecular formula is C21H19ClN4O3S. The van der Waals surface area contributed by atoms with Crippen LogP contribution in [0.1, 0.15) is 31.9 Å². The minimum Gasteiger partial charge on any atom is -0.495 e. The monoisotopic (exact) mass is 442 g/mol. The third kappa shape index (κ3) is 3.93. The molecule has 0 spiro atoms. The van der Waals surface area contributed by atoms with E-state index in [0.717, 1.165) is 29.9 Å². The molecule has 2 aliphatic heterocycles. The number of rotatable bonds is 6. The number of benzene rings is 1. The van der Waals surface area contributed by atoms with E-state index in [4.69, 9.17) is 26.2 Å². The Balaban J connectivity index is 1.59. The van der Waals surface area contributed by atoms with Crippen molar-refractivity contribution in [3.8, 4) is 17.1 Å². The summed E-state index contributed by atoms with van der Waals surface area (Å²) in [6.07, 6.45) is 4.38. The Morgan fingerprint density at radius 1 is 1.33 bits per heavy atom. The van der Waals surface area contributed by atoms with E-state index < -0.39 is 5.91 Å². The van der Waals surface area contributed by atoms with Crippen molar-refractivity contribution in [3.63, 3.8) is 0 Å². The van der Waals surface area contributed by atoms with E-state index in [-0.39, 0.29) is 11.4 Å². The molecule has 2 aliphatic rings. The lowest BCUT2D eigenvalue weighted by atomic mass is 10.1. The maximum Gasteiger partial charge on any atom is 0.283 e. The number of halogens is 1. The molecule has 0 saturated heterocycles. The van der Waals surface area contributed by atoms with Gasteiger partial charge in [0.1, 0.15) is 22.3 Å². The highest BCUT2D eigenvalue weighted by atomic mass is 35.5. The Morgan fingerprint density at radius 2 is 2.17 bits per heavy atom. The maximum absolute atomic E-state index is 12.5. The van der Waals surface area contributed by atoms with Gasteiger partial charge in [-0.25, -0.2) is 0 Å². The number of nitrogens with zero attached hydrogens (tertiary/aromatic N) is 3. The quantitative estimate of drug-likeness (QED) is 0.603. The molecule has 2 aromatic rings. The van der Waals surface area contributed by atoms with Crippen molar-refractivity contribution in [3.05, 3.63) is 46.7 Å². The van der Waals surface area contributed by atoms with Crippen molar-refractivity contribution in [2.75, 3.05) is 7.11 Å². The molecule has 0 atom stereocenters. The summed E-state index contributed by atoms with van der Waals surface area (Å²) in [5, 5.41) is 16.1. The SMILES string of the molecule is CCCCC1=NN2C(=N)C(=Cc3ccc(-c4ccc(OC)c(Cl)c4)o3)C(=O)N=C2S1. The van der Waals surface area contributed by atoms with Crippen molar-refractivity contribution in [1.29, 1.82) is 5.41 Å². The zero-order valence-corrected chi connectivity index (χ0v) is 18.0. The van der Waals surface area contributed by atoms with Crippen LogP contribution in [0, 0.1) is 5.41 Å². The van der Waals surface area contributed by atoms with Gasteiger partial charge in [0.05, 0.1) is 17.7 Å². The van der Waals surface area contributed by atoms with E-state index >= 15 is 0 Å². The van der Waals surface area contributed by atoms with Gasteiger partial charge in [0.15, 0.2) is 5.84 Å². The number of aliphatic imine (C=N–C) groups is 1. The van der Waals surface area contributed by atoms with E-state index in [0.29, 0.717) is 27.5 Å². The molecule has 154 valence electrons. The van der Waals surface area contributed by atoms with Crippen molar-refractivity contribution in [1.82, 2.24) is 5.01 Å². The summed E-state index contributed by atoms with van der Waals surface area (Å²) in [5.41, 5.74) is 0.908. The number of carbonyl (C=O) groups is 1. The van der Waals surface area contributed by atoms with Gasteiger partial charge >= 0.3 is 0 Å². The molecule has 30 heavy (non-hydrogen) atoms. The van der Waals surface area contributed by atoms with Crippen LogP contribution in [-0.4, -0.2) is 34.1 Å². The largest absolute Gasteiger partial charge is 0.495 e. The number of ether oxygens (including phenoxy) is 1. The summed E-state index contributed by atoms with van der Waals surface area (Å²) in [5.74, 6) is 1.12. The van der Waals surface area contributed by atoms with Crippen molar-refractivity contribution in [2.24, 2.45) is 10.1 Å². The minimum absolute atomic E-state index is 0.00515. The molecule has 0 aliphatic carbocycles. The Labute approximate surface area is 183 Å². The topological polar surface area (TPSA) is 91.3 Å². The number of carbonyl (C=O) groups excluding carboxylic acids is 1. The van der Waals surface area contributed by atoms with Crippen LogP contribution in [0.5, 0.6) is 5.75 Å². The number of hydrogen-bond acceptors (Lipinski definition) is 6. The summed E-state index contributed by atoms with van der Waals surface area (Å²) in [6.45, 7) is 2.11. The van der Waals surface area contributed by atoms with Gasteiger partial charge in [0, 0.05) is 5.56 Å². The van der Waals surface area contributed by atoms with Crippen LogP contribution < -0.4 is 4.74 Å². The number of hydrazone groups is 1. The normalized spacial score (nSPS) is 17.3. The fraction of sp³-hybridized carbons (Fsp3) is 0.238. The number of amides is 1. The van der Waals surface area contributed by atoms with E-state index in [1.807, 2.05) is 6.07 Å². The predicted molar refractivity (Wildman–Crippen MR) is 120 cm³/mol. The van der Waals surface area contributed by atoms with Gasteiger partial charge in [-0.1, -0.05) is 24.9 Å². The third-order valence-corrected chi connectivity index (χ3v) is 5.85. The van der Waals surface area contributed by atoms with Crippen LogP contribution >= 0.6 is 23.4 Å². The number of unbranched alkanes of at least 4 members (excludes halogenated alkanes) is 1. The number of methoxy groups -OCH3 is 1. The molecule has 0 bridgehead atoms. The average molecular weight is 443 g/mol. The predicted octanol–water partition coefficient (Wildman–Crippen LogP) is 5.42. The van der Waals surface area contributed by atoms with Crippen molar-refractivity contribution in [2.45, 2.75) is 26.2 Å². The number of thioether (sulfide) groups is 1.